The summed E-state index contributed by atoms with van der Waals surface area (Å²) in [6.07, 6.45) is 1.65. The predicted octanol–water partition coefficient (Wildman–Crippen LogP) is 6.19. The first-order valence-electron chi connectivity index (χ1n) is 11.0. The molecule has 1 aromatic heterocycles. The second kappa shape index (κ2) is 11.3. The lowest BCUT2D eigenvalue weighted by atomic mass is 10.1. The number of benzene rings is 3. The lowest BCUT2D eigenvalue weighted by Gasteiger charge is -2.12. The predicted molar refractivity (Wildman–Crippen MR) is 139 cm³/mol. The third-order valence-corrected chi connectivity index (χ3v) is 5.77. The fourth-order valence-electron chi connectivity index (χ4n) is 3.27. The number of anilines is 1. The molecule has 0 unspecified atom stereocenters. The smallest absolute Gasteiger partial charge is 0.347 e. The van der Waals surface area contributed by atoms with Gasteiger partial charge in [-0.25, -0.2) is 9.78 Å². The minimum atomic E-state index is -0.528. The molecule has 7 nitrogen and oxygen atoms in total. The van der Waals surface area contributed by atoms with Gasteiger partial charge in [0, 0.05) is 10.9 Å². The Labute approximate surface area is 208 Å². The normalized spacial score (nSPS) is 10.8. The van der Waals surface area contributed by atoms with Crippen LogP contribution in [-0.4, -0.2) is 30.9 Å². The van der Waals surface area contributed by atoms with E-state index in [1.54, 1.807) is 48.7 Å². The molecule has 4 aromatic rings. The topological polar surface area (TPSA) is 82.0 Å². The number of esters is 1. The molecule has 0 aliphatic rings. The van der Waals surface area contributed by atoms with Crippen LogP contribution in [0.15, 0.2) is 77.2 Å². The van der Waals surface area contributed by atoms with E-state index >= 15 is 0 Å². The van der Waals surface area contributed by atoms with Crippen LogP contribution in [0, 0.1) is 6.92 Å². The van der Waals surface area contributed by atoms with E-state index in [1.165, 1.54) is 24.0 Å². The molecule has 0 bridgehead atoms. The fraction of sp³-hybridized carbons (Fsp3) is 0.148. The monoisotopic (exact) mass is 487 g/mol. The van der Waals surface area contributed by atoms with Crippen molar-refractivity contribution in [2.75, 3.05) is 19.1 Å². The first-order chi connectivity index (χ1) is 17.1. The van der Waals surface area contributed by atoms with Crippen molar-refractivity contribution in [3.8, 4) is 28.5 Å². The van der Waals surface area contributed by atoms with Gasteiger partial charge in [0.2, 0.25) is 5.13 Å². The van der Waals surface area contributed by atoms with E-state index in [-0.39, 0.29) is 0 Å². The molecule has 35 heavy (non-hydrogen) atoms. The Morgan fingerprint density at radius 2 is 1.86 bits per heavy atom. The molecule has 1 N–H and O–H groups in total. The van der Waals surface area contributed by atoms with Gasteiger partial charge in [0.15, 0.2) is 11.5 Å². The molecule has 0 atom stereocenters. The van der Waals surface area contributed by atoms with Gasteiger partial charge in [-0.15, -0.1) is 11.3 Å². The fourth-order valence-corrected chi connectivity index (χ4v) is 3.94. The summed E-state index contributed by atoms with van der Waals surface area (Å²) in [4.78, 5) is 17.3. The zero-order valence-corrected chi connectivity index (χ0v) is 20.5. The van der Waals surface area contributed by atoms with Crippen molar-refractivity contribution in [1.82, 2.24) is 4.98 Å². The van der Waals surface area contributed by atoms with E-state index < -0.39 is 5.97 Å². The molecule has 178 valence electrons. The highest BCUT2D eigenvalue weighted by Crippen LogP contribution is 2.30. The Morgan fingerprint density at radius 3 is 2.63 bits per heavy atom. The molecular formula is C27H25N3O4S. The third kappa shape index (κ3) is 6.04. The highest BCUT2D eigenvalue weighted by atomic mass is 32.1. The van der Waals surface area contributed by atoms with Crippen LogP contribution in [0.5, 0.6) is 17.2 Å². The summed E-state index contributed by atoms with van der Waals surface area (Å²) < 4.78 is 16.5. The van der Waals surface area contributed by atoms with E-state index in [2.05, 4.69) is 46.7 Å². The lowest BCUT2D eigenvalue weighted by Crippen LogP contribution is -2.11. The average molecular weight is 488 g/mol. The number of carbonyl (C=O) groups excluding carboxylic acids is 1. The van der Waals surface area contributed by atoms with E-state index in [1.807, 2.05) is 12.3 Å². The molecule has 0 aliphatic heterocycles. The number of hydrazone groups is 1. The zero-order chi connectivity index (χ0) is 24.6. The van der Waals surface area contributed by atoms with E-state index in [0.29, 0.717) is 34.6 Å². The summed E-state index contributed by atoms with van der Waals surface area (Å²) >= 11 is 1.48. The van der Waals surface area contributed by atoms with Crippen molar-refractivity contribution >= 4 is 28.7 Å². The van der Waals surface area contributed by atoms with Gasteiger partial charge in [0.25, 0.3) is 0 Å². The van der Waals surface area contributed by atoms with Crippen molar-refractivity contribution < 1.29 is 19.0 Å². The van der Waals surface area contributed by atoms with E-state index in [4.69, 9.17) is 14.2 Å². The number of aromatic nitrogens is 1. The molecule has 0 saturated carbocycles. The van der Waals surface area contributed by atoms with Crippen molar-refractivity contribution in [3.63, 3.8) is 0 Å². The molecule has 0 spiro atoms. The number of para-hydroxylation sites is 1. The second-order valence-corrected chi connectivity index (χ2v) is 8.36. The molecule has 4 rings (SSSR count). The minimum Gasteiger partial charge on any atom is -0.496 e. The minimum absolute atomic E-state index is 0.315. The van der Waals surface area contributed by atoms with Crippen LogP contribution in [0.2, 0.25) is 0 Å². The molecular weight excluding hydrogens is 462 g/mol. The third-order valence-electron chi connectivity index (χ3n) is 5.02. The molecule has 0 aliphatic carbocycles. The van der Waals surface area contributed by atoms with Gasteiger partial charge in [-0.3, -0.25) is 5.43 Å². The van der Waals surface area contributed by atoms with Crippen molar-refractivity contribution in [3.05, 3.63) is 88.8 Å². The number of thiazole rings is 1. The first kappa shape index (κ1) is 24.0. The van der Waals surface area contributed by atoms with E-state index in [0.717, 1.165) is 16.8 Å². The average Bonchev–Trinajstić information content (AvgIpc) is 3.35. The number of nitrogens with zero attached hydrogens (tertiary/aromatic N) is 2. The van der Waals surface area contributed by atoms with Crippen LogP contribution in [0.4, 0.5) is 5.13 Å². The Bertz CT molecular complexity index is 1330. The summed E-state index contributed by atoms with van der Waals surface area (Å²) in [7, 11) is 1.51. The zero-order valence-electron chi connectivity index (χ0n) is 19.6. The summed E-state index contributed by atoms with van der Waals surface area (Å²) in [5.74, 6) is 0.670. The summed E-state index contributed by atoms with van der Waals surface area (Å²) in [5.41, 5.74) is 7.23. The maximum Gasteiger partial charge on any atom is 0.347 e. The lowest BCUT2D eigenvalue weighted by molar-refractivity contribution is 0.0725. The number of aryl methyl sites for hydroxylation is 1. The van der Waals surface area contributed by atoms with Gasteiger partial charge < -0.3 is 14.2 Å². The largest absolute Gasteiger partial charge is 0.496 e. The molecule has 3 aromatic carbocycles. The molecule has 1 heterocycles. The SMILES string of the molecule is CCOc1cc(/C=N\Nc2nc(-c3ccc(C)cc3)cs2)ccc1OC(=O)c1ccccc1OC. The molecule has 0 radical (unpaired) electrons. The van der Waals surface area contributed by atoms with E-state index in [9.17, 15) is 4.79 Å². The molecule has 0 amide bonds. The van der Waals surface area contributed by atoms with Crippen LogP contribution in [-0.2, 0) is 0 Å². The van der Waals surface area contributed by atoms with Crippen LogP contribution in [0.1, 0.15) is 28.4 Å². The van der Waals surface area contributed by atoms with Gasteiger partial charge >= 0.3 is 5.97 Å². The number of hydrogen-bond acceptors (Lipinski definition) is 8. The maximum absolute atomic E-state index is 12.7. The summed E-state index contributed by atoms with van der Waals surface area (Å²) in [6.45, 7) is 4.33. The van der Waals surface area contributed by atoms with Crippen LogP contribution >= 0.6 is 11.3 Å². The Morgan fingerprint density at radius 1 is 1.06 bits per heavy atom. The van der Waals surface area contributed by atoms with Gasteiger partial charge in [0.1, 0.15) is 11.3 Å². The number of ether oxygens (including phenoxy) is 3. The van der Waals surface area contributed by atoms with Gasteiger partial charge in [0.05, 0.1) is 25.6 Å². The van der Waals surface area contributed by atoms with Crippen LogP contribution < -0.4 is 19.6 Å². The maximum atomic E-state index is 12.7. The Kier molecular flexibility index (Phi) is 7.74. The van der Waals surface area contributed by atoms with Gasteiger partial charge in [-0.05, 0) is 49.7 Å². The van der Waals surface area contributed by atoms with Crippen molar-refractivity contribution in [2.24, 2.45) is 5.10 Å². The summed E-state index contributed by atoms with van der Waals surface area (Å²) in [6, 6.07) is 20.4. The van der Waals surface area contributed by atoms with Crippen LogP contribution in [0.3, 0.4) is 0 Å². The van der Waals surface area contributed by atoms with Crippen LogP contribution in [0.25, 0.3) is 11.3 Å². The number of nitrogens with one attached hydrogen (secondary N) is 1. The second-order valence-electron chi connectivity index (χ2n) is 7.50. The Hall–Kier alpha value is -4.17. The van der Waals surface area contributed by atoms with Crippen molar-refractivity contribution in [1.29, 1.82) is 0 Å². The molecule has 0 saturated heterocycles. The number of rotatable bonds is 9. The summed E-state index contributed by atoms with van der Waals surface area (Å²) in [5, 5.41) is 6.96. The molecule has 8 heteroatoms. The number of hydrogen-bond donors (Lipinski definition) is 1. The Balaban J connectivity index is 1.45. The quantitative estimate of drug-likeness (QED) is 0.131. The van der Waals surface area contributed by atoms with Crippen molar-refractivity contribution in [2.45, 2.75) is 13.8 Å². The number of methoxy groups -OCH3 is 1. The van der Waals surface area contributed by atoms with Gasteiger partial charge in [-0.2, -0.15) is 5.10 Å². The first-order valence-corrected chi connectivity index (χ1v) is 11.9. The standard InChI is InChI=1S/C27H25N3O4S/c1-4-33-25-15-19(11-14-24(25)34-26(31)21-7-5-6-8-23(21)32-3)16-28-30-27-29-22(17-35-27)20-12-9-18(2)10-13-20/h5-17H,4H2,1-3H3,(H,29,30)/b28-16-. The number of carbonyl (C=O) groups is 1. The highest BCUT2D eigenvalue weighted by Gasteiger charge is 2.17. The highest BCUT2D eigenvalue weighted by molar-refractivity contribution is 7.14. The molecule has 0 fully saturated rings. The van der Waals surface area contributed by atoms with Gasteiger partial charge in [-0.1, -0.05) is 42.0 Å².